The second kappa shape index (κ2) is 5.61. The molecule has 1 fully saturated rings. The van der Waals surface area contributed by atoms with Crippen LogP contribution in [0, 0.1) is 0 Å². The van der Waals surface area contributed by atoms with Crippen LogP contribution in [0.1, 0.15) is 26.5 Å². The number of ether oxygens (including phenoxy) is 1. The summed E-state index contributed by atoms with van der Waals surface area (Å²) in [5.74, 6) is 0. The van der Waals surface area contributed by atoms with Crippen LogP contribution in [-0.4, -0.2) is 52.2 Å². The molecule has 1 amide bonds. The number of likely N-dealkylation sites (tertiary alicyclic amines) is 1. The van der Waals surface area contributed by atoms with Crippen LogP contribution in [0.15, 0.2) is 12.5 Å². The average Bonchev–Trinajstić information content (AvgIpc) is 2.71. The minimum atomic E-state index is -0.420. The summed E-state index contributed by atoms with van der Waals surface area (Å²) in [6, 6.07) is 0.371. The number of hydrogen-bond acceptors (Lipinski definition) is 4. The van der Waals surface area contributed by atoms with Crippen molar-refractivity contribution < 1.29 is 9.53 Å². The lowest BCUT2D eigenvalue weighted by Gasteiger charge is -2.40. The monoisotopic (exact) mass is 266 g/mol. The molecule has 6 nitrogen and oxygen atoms in total. The Balaban J connectivity index is 1.60. The minimum Gasteiger partial charge on any atom is -0.444 e. The van der Waals surface area contributed by atoms with Crippen LogP contribution in [0.4, 0.5) is 4.79 Å². The number of hydrogen-bond donors (Lipinski definition) is 2. The van der Waals surface area contributed by atoms with E-state index in [1.54, 1.807) is 11.2 Å². The van der Waals surface area contributed by atoms with Crippen LogP contribution in [-0.2, 0) is 11.2 Å². The molecule has 2 rings (SSSR count). The van der Waals surface area contributed by atoms with Gasteiger partial charge >= 0.3 is 6.09 Å². The molecular weight excluding hydrogens is 244 g/mol. The molecule has 6 heteroatoms. The Hall–Kier alpha value is -1.56. The highest BCUT2D eigenvalue weighted by Crippen LogP contribution is 2.15. The van der Waals surface area contributed by atoms with Gasteiger partial charge < -0.3 is 19.9 Å². The molecule has 0 aromatic carbocycles. The third-order valence-electron chi connectivity index (χ3n) is 2.92. The summed E-state index contributed by atoms with van der Waals surface area (Å²) in [6.45, 7) is 7.96. The fourth-order valence-corrected chi connectivity index (χ4v) is 1.92. The largest absolute Gasteiger partial charge is 0.444 e. The van der Waals surface area contributed by atoms with Gasteiger partial charge in [0.1, 0.15) is 5.60 Å². The van der Waals surface area contributed by atoms with Crippen LogP contribution in [0.25, 0.3) is 0 Å². The predicted molar refractivity (Wildman–Crippen MR) is 71.9 cm³/mol. The summed E-state index contributed by atoms with van der Waals surface area (Å²) in [6.07, 6.45) is 4.21. The SMILES string of the molecule is CC(C)(C)OC(=O)N1CC(NCCc2cnc[nH]2)C1. The number of H-pyrrole nitrogens is 1. The molecule has 1 saturated heterocycles. The zero-order valence-corrected chi connectivity index (χ0v) is 11.8. The molecule has 2 N–H and O–H groups in total. The number of carbonyl (C=O) groups is 1. The van der Waals surface area contributed by atoms with Crippen molar-refractivity contribution in [1.29, 1.82) is 0 Å². The van der Waals surface area contributed by atoms with Crippen molar-refractivity contribution in [1.82, 2.24) is 20.2 Å². The highest BCUT2D eigenvalue weighted by Gasteiger charge is 2.33. The van der Waals surface area contributed by atoms with Crippen molar-refractivity contribution in [2.75, 3.05) is 19.6 Å². The molecular formula is C13H22N4O2. The summed E-state index contributed by atoms with van der Waals surface area (Å²) in [7, 11) is 0. The number of imidazole rings is 1. The maximum Gasteiger partial charge on any atom is 0.410 e. The number of amides is 1. The molecule has 0 atom stereocenters. The van der Waals surface area contributed by atoms with E-state index in [-0.39, 0.29) is 6.09 Å². The van der Waals surface area contributed by atoms with E-state index in [4.69, 9.17) is 4.74 Å². The van der Waals surface area contributed by atoms with Gasteiger partial charge in [-0.3, -0.25) is 0 Å². The molecule has 19 heavy (non-hydrogen) atoms. The van der Waals surface area contributed by atoms with Crippen LogP contribution in [0.5, 0.6) is 0 Å². The van der Waals surface area contributed by atoms with Crippen LogP contribution in [0.3, 0.4) is 0 Å². The van der Waals surface area contributed by atoms with Crippen LogP contribution in [0.2, 0.25) is 0 Å². The van der Waals surface area contributed by atoms with Crippen LogP contribution >= 0.6 is 0 Å². The number of carbonyl (C=O) groups excluding carboxylic acids is 1. The first-order valence-corrected chi connectivity index (χ1v) is 6.62. The van der Waals surface area contributed by atoms with E-state index >= 15 is 0 Å². The molecule has 0 radical (unpaired) electrons. The first-order chi connectivity index (χ1) is 8.94. The molecule has 0 spiro atoms. The fourth-order valence-electron chi connectivity index (χ4n) is 1.92. The first kappa shape index (κ1) is 13.9. The number of nitrogens with one attached hydrogen (secondary N) is 2. The standard InChI is InChI=1S/C13H22N4O2/c1-13(2,3)19-12(18)17-7-11(8-17)15-5-4-10-6-14-9-16-10/h6,9,11,15H,4-5,7-8H2,1-3H3,(H,14,16). The predicted octanol–water partition coefficient (Wildman–Crippen LogP) is 1.16. The van der Waals surface area contributed by atoms with Crippen molar-refractivity contribution in [3.63, 3.8) is 0 Å². The molecule has 1 aromatic heterocycles. The first-order valence-electron chi connectivity index (χ1n) is 6.62. The van der Waals surface area contributed by atoms with Crippen molar-refractivity contribution in [3.8, 4) is 0 Å². The lowest BCUT2D eigenvalue weighted by molar-refractivity contribution is 0.00541. The van der Waals surface area contributed by atoms with E-state index in [1.807, 2.05) is 27.0 Å². The Morgan fingerprint density at radius 2 is 2.32 bits per heavy atom. The highest BCUT2D eigenvalue weighted by molar-refractivity contribution is 5.69. The number of rotatable bonds is 4. The van der Waals surface area contributed by atoms with E-state index in [0.29, 0.717) is 6.04 Å². The van der Waals surface area contributed by atoms with Gasteiger partial charge in [-0.15, -0.1) is 0 Å². The summed E-state index contributed by atoms with van der Waals surface area (Å²) in [5.41, 5.74) is 0.701. The number of nitrogens with zero attached hydrogens (tertiary/aromatic N) is 2. The number of aromatic amines is 1. The second-order valence-corrected chi connectivity index (χ2v) is 5.86. The van der Waals surface area contributed by atoms with Gasteiger partial charge in [-0.2, -0.15) is 0 Å². The van der Waals surface area contributed by atoms with E-state index in [0.717, 1.165) is 31.7 Å². The normalized spacial score (nSPS) is 16.3. The molecule has 1 aliphatic rings. The van der Waals surface area contributed by atoms with Gasteiger partial charge in [0.2, 0.25) is 0 Å². The zero-order chi connectivity index (χ0) is 13.9. The van der Waals surface area contributed by atoms with Crippen molar-refractivity contribution in [2.45, 2.75) is 38.8 Å². The fraction of sp³-hybridized carbons (Fsp3) is 0.692. The summed E-state index contributed by atoms with van der Waals surface area (Å²) in [5, 5.41) is 3.41. The Labute approximate surface area is 113 Å². The Kier molecular flexibility index (Phi) is 4.09. The van der Waals surface area contributed by atoms with Gasteiger partial charge in [-0.25, -0.2) is 9.78 Å². The minimum absolute atomic E-state index is 0.223. The van der Waals surface area contributed by atoms with Gasteiger partial charge in [0.25, 0.3) is 0 Å². The summed E-state index contributed by atoms with van der Waals surface area (Å²) < 4.78 is 5.30. The van der Waals surface area contributed by atoms with Gasteiger partial charge in [-0.05, 0) is 20.8 Å². The second-order valence-electron chi connectivity index (χ2n) is 5.86. The van der Waals surface area contributed by atoms with Gasteiger partial charge in [0.15, 0.2) is 0 Å². The quantitative estimate of drug-likeness (QED) is 0.858. The molecule has 1 aliphatic heterocycles. The average molecular weight is 266 g/mol. The van der Waals surface area contributed by atoms with Gasteiger partial charge in [0.05, 0.1) is 6.33 Å². The number of aromatic nitrogens is 2. The smallest absolute Gasteiger partial charge is 0.410 e. The van der Waals surface area contributed by atoms with E-state index in [1.165, 1.54) is 0 Å². The maximum absolute atomic E-state index is 11.7. The van der Waals surface area contributed by atoms with E-state index in [9.17, 15) is 4.79 Å². The van der Waals surface area contributed by atoms with Crippen LogP contribution < -0.4 is 5.32 Å². The third-order valence-corrected chi connectivity index (χ3v) is 2.92. The molecule has 0 saturated carbocycles. The van der Waals surface area contributed by atoms with Gasteiger partial charge in [0, 0.05) is 44.0 Å². The lowest BCUT2D eigenvalue weighted by atomic mass is 10.1. The molecule has 0 unspecified atom stereocenters. The topological polar surface area (TPSA) is 70.2 Å². The Bertz CT molecular complexity index is 405. The Morgan fingerprint density at radius 3 is 2.89 bits per heavy atom. The molecule has 0 aliphatic carbocycles. The van der Waals surface area contributed by atoms with Crippen molar-refractivity contribution >= 4 is 6.09 Å². The maximum atomic E-state index is 11.7. The van der Waals surface area contributed by atoms with Crippen molar-refractivity contribution in [3.05, 3.63) is 18.2 Å². The van der Waals surface area contributed by atoms with Gasteiger partial charge in [-0.1, -0.05) is 0 Å². The molecule has 2 heterocycles. The summed E-state index contributed by atoms with van der Waals surface area (Å²) in [4.78, 5) is 20.5. The lowest BCUT2D eigenvalue weighted by Crippen LogP contribution is -2.60. The highest BCUT2D eigenvalue weighted by atomic mass is 16.6. The molecule has 0 bridgehead atoms. The van der Waals surface area contributed by atoms with E-state index in [2.05, 4.69) is 15.3 Å². The zero-order valence-electron chi connectivity index (χ0n) is 11.8. The van der Waals surface area contributed by atoms with Crippen molar-refractivity contribution in [2.24, 2.45) is 0 Å². The third kappa shape index (κ3) is 4.24. The summed E-state index contributed by atoms with van der Waals surface area (Å²) >= 11 is 0. The molecule has 1 aromatic rings. The molecule has 106 valence electrons. The Morgan fingerprint density at radius 1 is 1.58 bits per heavy atom. The van der Waals surface area contributed by atoms with E-state index < -0.39 is 5.60 Å².